The van der Waals surface area contributed by atoms with Crippen LogP contribution in [-0.2, 0) is 20.7 Å². The van der Waals surface area contributed by atoms with Gasteiger partial charge in [-0.05, 0) is 13.8 Å². The van der Waals surface area contributed by atoms with Crippen molar-refractivity contribution in [1.82, 2.24) is 4.98 Å². The van der Waals surface area contributed by atoms with Gasteiger partial charge in [-0.2, -0.15) is 4.98 Å². The molecular formula is C14H23N3O4S. The van der Waals surface area contributed by atoms with Gasteiger partial charge in [0.05, 0.1) is 31.3 Å². The highest BCUT2D eigenvalue weighted by molar-refractivity contribution is 7.15. The molecule has 1 aromatic rings. The maximum Gasteiger partial charge on any atom is 0.323 e. The maximum absolute atomic E-state index is 11.7. The molecule has 0 radical (unpaired) electrons. The Morgan fingerprint density at radius 1 is 1.41 bits per heavy atom. The van der Waals surface area contributed by atoms with E-state index in [0.29, 0.717) is 38.7 Å². The van der Waals surface area contributed by atoms with Gasteiger partial charge in [0.2, 0.25) is 5.88 Å². The Bertz CT molecular complexity index is 488. The first kappa shape index (κ1) is 17.0. The van der Waals surface area contributed by atoms with Crippen LogP contribution < -0.4 is 15.4 Å². The molecule has 1 atom stereocenters. The van der Waals surface area contributed by atoms with Crippen molar-refractivity contribution in [2.24, 2.45) is 5.73 Å². The number of ether oxygens (including phenoxy) is 3. The third-order valence-corrected chi connectivity index (χ3v) is 4.33. The van der Waals surface area contributed by atoms with E-state index in [4.69, 9.17) is 19.9 Å². The number of nitrogens with two attached hydrogens (primary N) is 1. The Balaban J connectivity index is 2.10. The first-order chi connectivity index (χ1) is 10.7. The molecule has 1 saturated heterocycles. The van der Waals surface area contributed by atoms with Crippen LogP contribution in [0, 0.1) is 0 Å². The minimum absolute atomic E-state index is 0.326. The van der Waals surface area contributed by atoms with Crippen molar-refractivity contribution < 1.29 is 19.0 Å². The van der Waals surface area contributed by atoms with Gasteiger partial charge < -0.3 is 24.8 Å². The summed E-state index contributed by atoms with van der Waals surface area (Å²) in [7, 11) is 0. The van der Waals surface area contributed by atoms with Crippen LogP contribution in [0.1, 0.15) is 18.7 Å². The van der Waals surface area contributed by atoms with E-state index in [2.05, 4.69) is 9.88 Å². The van der Waals surface area contributed by atoms with Crippen LogP contribution in [0.2, 0.25) is 0 Å². The van der Waals surface area contributed by atoms with Gasteiger partial charge in [0.15, 0.2) is 5.13 Å². The molecule has 1 aliphatic rings. The normalized spacial score (nSPS) is 16.4. The van der Waals surface area contributed by atoms with Crippen molar-refractivity contribution in [3.63, 3.8) is 0 Å². The Hall–Kier alpha value is -1.38. The van der Waals surface area contributed by atoms with Gasteiger partial charge in [-0.3, -0.25) is 4.79 Å². The lowest BCUT2D eigenvalue weighted by molar-refractivity contribution is -0.144. The zero-order valence-electron chi connectivity index (χ0n) is 13.0. The van der Waals surface area contributed by atoms with Crippen LogP contribution in [0.3, 0.4) is 0 Å². The zero-order valence-corrected chi connectivity index (χ0v) is 13.9. The van der Waals surface area contributed by atoms with E-state index in [-0.39, 0.29) is 0 Å². The van der Waals surface area contributed by atoms with Gasteiger partial charge in [-0.15, -0.1) is 0 Å². The summed E-state index contributed by atoms with van der Waals surface area (Å²) in [5.74, 6) is 0.167. The van der Waals surface area contributed by atoms with Crippen molar-refractivity contribution in [3.05, 3.63) is 4.88 Å². The highest BCUT2D eigenvalue weighted by Crippen LogP contribution is 2.33. The molecule has 2 N–H and O–H groups in total. The summed E-state index contributed by atoms with van der Waals surface area (Å²) in [6, 6.07) is -0.697. The standard InChI is InChI=1S/C14H23N3O4S/c1-3-20-12-11(9-10(15)13(18)21-4-2)22-14(16-12)17-5-7-19-8-6-17/h10H,3-9,15H2,1-2H3. The zero-order chi connectivity index (χ0) is 15.9. The fourth-order valence-electron chi connectivity index (χ4n) is 2.13. The third-order valence-electron chi connectivity index (χ3n) is 3.21. The fraction of sp³-hybridized carbons (Fsp3) is 0.714. The second-order valence-corrected chi connectivity index (χ2v) is 5.88. The van der Waals surface area contributed by atoms with Crippen LogP contribution in [0.25, 0.3) is 0 Å². The molecule has 7 nitrogen and oxygen atoms in total. The lowest BCUT2D eigenvalue weighted by atomic mass is 10.2. The molecule has 2 rings (SSSR count). The fourth-order valence-corrected chi connectivity index (χ4v) is 3.24. The molecule has 22 heavy (non-hydrogen) atoms. The number of carbonyl (C=O) groups is 1. The lowest BCUT2D eigenvalue weighted by Crippen LogP contribution is -2.36. The summed E-state index contributed by atoms with van der Waals surface area (Å²) in [4.78, 5) is 19.3. The Labute approximate surface area is 134 Å². The molecular weight excluding hydrogens is 306 g/mol. The van der Waals surface area contributed by atoms with Crippen molar-refractivity contribution in [1.29, 1.82) is 0 Å². The average molecular weight is 329 g/mol. The van der Waals surface area contributed by atoms with E-state index in [0.717, 1.165) is 23.1 Å². The van der Waals surface area contributed by atoms with E-state index in [1.165, 1.54) is 11.3 Å². The van der Waals surface area contributed by atoms with Gasteiger partial charge in [0.25, 0.3) is 0 Å². The molecule has 1 unspecified atom stereocenters. The number of hydrogen-bond acceptors (Lipinski definition) is 8. The van der Waals surface area contributed by atoms with Gasteiger partial charge in [-0.1, -0.05) is 11.3 Å². The predicted molar refractivity (Wildman–Crippen MR) is 84.6 cm³/mol. The van der Waals surface area contributed by atoms with Crippen LogP contribution in [0.15, 0.2) is 0 Å². The molecule has 124 valence electrons. The predicted octanol–water partition coefficient (Wildman–Crippen LogP) is 0.811. The van der Waals surface area contributed by atoms with Crippen molar-refractivity contribution in [2.45, 2.75) is 26.3 Å². The molecule has 0 amide bonds. The first-order valence-electron chi connectivity index (χ1n) is 7.53. The van der Waals surface area contributed by atoms with Crippen molar-refractivity contribution in [2.75, 3.05) is 44.4 Å². The molecule has 1 fully saturated rings. The second kappa shape index (κ2) is 8.30. The van der Waals surface area contributed by atoms with E-state index in [1.807, 2.05) is 6.92 Å². The number of aromatic nitrogens is 1. The molecule has 2 heterocycles. The molecule has 8 heteroatoms. The van der Waals surface area contributed by atoms with Crippen molar-refractivity contribution >= 4 is 22.4 Å². The minimum Gasteiger partial charge on any atom is -0.477 e. The Morgan fingerprint density at radius 2 is 2.14 bits per heavy atom. The summed E-state index contributed by atoms with van der Waals surface area (Å²) >= 11 is 1.52. The minimum atomic E-state index is -0.697. The molecule has 0 spiro atoms. The third kappa shape index (κ3) is 4.31. The number of morpholine rings is 1. The van der Waals surface area contributed by atoms with Crippen LogP contribution in [0.5, 0.6) is 5.88 Å². The average Bonchev–Trinajstić information content (AvgIpc) is 2.92. The largest absolute Gasteiger partial charge is 0.477 e. The molecule has 1 aliphatic heterocycles. The van der Waals surface area contributed by atoms with Crippen molar-refractivity contribution in [3.8, 4) is 5.88 Å². The van der Waals surface area contributed by atoms with E-state index in [9.17, 15) is 4.79 Å². The molecule has 0 aliphatic carbocycles. The summed E-state index contributed by atoms with van der Waals surface area (Å²) in [5, 5.41) is 0.887. The smallest absolute Gasteiger partial charge is 0.323 e. The number of esters is 1. The number of thiazole rings is 1. The van der Waals surface area contributed by atoms with E-state index < -0.39 is 12.0 Å². The van der Waals surface area contributed by atoms with E-state index >= 15 is 0 Å². The van der Waals surface area contributed by atoms with E-state index in [1.54, 1.807) is 6.92 Å². The van der Waals surface area contributed by atoms with Gasteiger partial charge >= 0.3 is 5.97 Å². The second-order valence-electron chi connectivity index (χ2n) is 4.82. The number of nitrogens with zero attached hydrogens (tertiary/aromatic N) is 2. The summed E-state index contributed by atoms with van der Waals surface area (Å²) < 4.78 is 15.9. The monoisotopic (exact) mass is 329 g/mol. The highest BCUT2D eigenvalue weighted by atomic mass is 32.1. The van der Waals surface area contributed by atoms with Gasteiger partial charge in [0, 0.05) is 19.5 Å². The number of carbonyl (C=O) groups excluding carboxylic acids is 1. The van der Waals surface area contributed by atoms with Gasteiger partial charge in [-0.25, -0.2) is 0 Å². The van der Waals surface area contributed by atoms with Crippen LogP contribution >= 0.6 is 11.3 Å². The summed E-state index contributed by atoms with van der Waals surface area (Å²) in [6.45, 7) is 7.52. The summed E-state index contributed by atoms with van der Waals surface area (Å²) in [6.07, 6.45) is 0.371. The molecule has 0 saturated carbocycles. The topological polar surface area (TPSA) is 86.9 Å². The number of rotatable bonds is 7. The van der Waals surface area contributed by atoms with Gasteiger partial charge in [0.1, 0.15) is 6.04 Å². The highest BCUT2D eigenvalue weighted by Gasteiger charge is 2.23. The van der Waals surface area contributed by atoms with Crippen LogP contribution in [0.4, 0.5) is 5.13 Å². The number of anilines is 1. The molecule has 1 aromatic heterocycles. The molecule has 0 aromatic carbocycles. The maximum atomic E-state index is 11.7. The molecule has 0 bridgehead atoms. The first-order valence-corrected chi connectivity index (χ1v) is 8.34. The Kier molecular flexibility index (Phi) is 6.41. The SMILES string of the molecule is CCOC(=O)C(N)Cc1sc(N2CCOCC2)nc1OCC. The summed E-state index contributed by atoms with van der Waals surface area (Å²) in [5.41, 5.74) is 5.90. The lowest BCUT2D eigenvalue weighted by Gasteiger charge is -2.25. The Morgan fingerprint density at radius 3 is 2.77 bits per heavy atom. The van der Waals surface area contributed by atoms with Crippen LogP contribution in [-0.4, -0.2) is 56.5 Å². The quantitative estimate of drug-likeness (QED) is 0.741. The number of hydrogen-bond donors (Lipinski definition) is 1.